The Hall–Kier alpha value is -0.890. The number of aromatic amines is 1. The van der Waals surface area contributed by atoms with Crippen molar-refractivity contribution >= 4 is 21.8 Å². The molecule has 1 aromatic rings. The summed E-state index contributed by atoms with van der Waals surface area (Å²) in [6.45, 7) is 3.34. The van der Waals surface area contributed by atoms with Crippen LogP contribution in [0.1, 0.15) is 17.3 Å². The smallest absolute Gasteiger partial charge is 0.254 e. The number of halogens is 1. The number of amides is 1. The van der Waals surface area contributed by atoms with E-state index < -0.39 is 5.54 Å². The molecule has 7 heteroatoms. The van der Waals surface area contributed by atoms with E-state index in [0.29, 0.717) is 25.3 Å². The molecule has 20 heavy (non-hydrogen) atoms. The van der Waals surface area contributed by atoms with Gasteiger partial charge in [-0.25, -0.2) is 0 Å². The number of hydrogen-bond donors (Lipinski definition) is 3. The van der Waals surface area contributed by atoms with Crippen molar-refractivity contribution in [2.45, 2.75) is 18.5 Å². The highest BCUT2D eigenvalue weighted by molar-refractivity contribution is 9.10. The van der Waals surface area contributed by atoms with Gasteiger partial charge in [-0.05, 0) is 29.9 Å². The Balaban J connectivity index is 2.04. The van der Waals surface area contributed by atoms with Gasteiger partial charge in [-0.2, -0.15) is 0 Å². The number of carbonyl (C=O) groups excluding carboxylic acids is 1. The molecule has 2 heterocycles. The zero-order valence-electron chi connectivity index (χ0n) is 11.6. The molecule has 1 saturated heterocycles. The third kappa shape index (κ3) is 2.90. The van der Waals surface area contributed by atoms with Crippen LogP contribution in [-0.4, -0.2) is 65.9 Å². The van der Waals surface area contributed by atoms with E-state index in [1.807, 2.05) is 14.0 Å². The maximum atomic E-state index is 12.1. The number of aliphatic hydroxyl groups is 1. The molecule has 0 saturated carbocycles. The number of likely N-dealkylation sites (N-methyl/N-ethyl adjacent to an activating group) is 1. The van der Waals surface area contributed by atoms with Crippen LogP contribution in [0.4, 0.5) is 0 Å². The summed E-state index contributed by atoms with van der Waals surface area (Å²) < 4.78 is 6.25. The van der Waals surface area contributed by atoms with Crippen LogP contribution in [0.2, 0.25) is 0 Å². The van der Waals surface area contributed by atoms with Crippen molar-refractivity contribution in [2.24, 2.45) is 0 Å². The molecule has 2 atom stereocenters. The quantitative estimate of drug-likeness (QED) is 0.746. The summed E-state index contributed by atoms with van der Waals surface area (Å²) in [4.78, 5) is 17.0. The van der Waals surface area contributed by atoms with Crippen LogP contribution in [0.15, 0.2) is 16.9 Å². The Labute approximate surface area is 126 Å². The number of carbonyl (C=O) groups is 1. The Morgan fingerprint density at radius 1 is 1.70 bits per heavy atom. The number of rotatable bonds is 4. The number of hydrogen-bond acceptors (Lipinski definition) is 4. The second-order valence-electron chi connectivity index (χ2n) is 5.26. The highest BCUT2D eigenvalue weighted by Gasteiger charge is 2.40. The van der Waals surface area contributed by atoms with E-state index in [9.17, 15) is 9.90 Å². The molecule has 0 spiro atoms. The van der Waals surface area contributed by atoms with Crippen molar-refractivity contribution in [3.8, 4) is 0 Å². The van der Waals surface area contributed by atoms with Crippen molar-refractivity contribution in [3.63, 3.8) is 0 Å². The molecule has 3 N–H and O–H groups in total. The molecule has 1 amide bonds. The summed E-state index contributed by atoms with van der Waals surface area (Å²) in [6.07, 6.45) is 3.34. The normalized spacial score (nSPS) is 27.5. The van der Waals surface area contributed by atoms with E-state index in [0.717, 1.165) is 4.47 Å². The van der Waals surface area contributed by atoms with Crippen LogP contribution in [0.3, 0.4) is 0 Å². The first-order valence-corrected chi connectivity index (χ1v) is 7.31. The molecule has 1 aliphatic rings. The van der Waals surface area contributed by atoms with E-state index in [1.54, 1.807) is 12.4 Å². The van der Waals surface area contributed by atoms with Gasteiger partial charge in [-0.3, -0.25) is 9.69 Å². The highest BCUT2D eigenvalue weighted by Crippen LogP contribution is 2.22. The summed E-state index contributed by atoms with van der Waals surface area (Å²) in [5.74, 6) is -0.183. The first-order valence-electron chi connectivity index (χ1n) is 6.52. The Bertz CT molecular complexity index is 479. The standard InChI is InChI=1S/C13H20BrN3O3/c1-9-5-20-8-13(7-18,17(9)2)6-16-12(19)10-3-15-4-11(10)14/h3-4,9,15,18H,5-8H2,1-2H3,(H,16,19)/t9-,13+/m1/s1. The van der Waals surface area contributed by atoms with Crippen molar-refractivity contribution in [3.05, 3.63) is 22.4 Å². The van der Waals surface area contributed by atoms with E-state index in [1.165, 1.54) is 0 Å². The van der Waals surface area contributed by atoms with Crippen molar-refractivity contribution < 1.29 is 14.6 Å². The molecule has 1 fully saturated rings. The maximum Gasteiger partial charge on any atom is 0.254 e. The zero-order chi connectivity index (χ0) is 14.8. The fourth-order valence-electron chi connectivity index (χ4n) is 2.35. The van der Waals surface area contributed by atoms with Gasteiger partial charge in [0, 0.05) is 29.5 Å². The number of H-pyrrole nitrogens is 1. The molecular weight excluding hydrogens is 326 g/mol. The van der Waals surface area contributed by atoms with Crippen LogP contribution in [0.5, 0.6) is 0 Å². The minimum absolute atomic E-state index is 0.0670. The number of ether oxygens (including phenoxy) is 1. The van der Waals surface area contributed by atoms with Gasteiger partial charge in [0.2, 0.25) is 0 Å². The van der Waals surface area contributed by atoms with Gasteiger partial charge in [-0.15, -0.1) is 0 Å². The highest BCUT2D eigenvalue weighted by atomic mass is 79.9. The molecular formula is C13H20BrN3O3. The average Bonchev–Trinajstić information content (AvgIpc) is 2.87. The van der Waals surface area contributed by atoms with E-state index >= 15 is 0 Å². The van der Waals surface area contributed by atoms with Gasteiger partial charge < -0.3 is 20.1 Å². The van der Waals surface area contributed by atoms with E-state index in [-0.39, 0.29) is 18.6 Å². The van der Waals surface area contributed by atoms with Crippen LogP contribution < -0.4 is 5.32 Å². The lowest BCUT2D eigenvalue weighted by atomic mass is 9.96. The summed E-state index contributed by atoms with van der Waals surface area (Å²) in [5, 5.41) is 12.6. The first kappa shape index (κ1) is 15.5. The molecule has 0 radical (unpaired) electrons. The van der Waals surface area contributed by atoms with Gasteiger partial charge in [0.25, 0.3) is 5.91 Å². The molecule has 1 aromatic heterocycles. The molecule has 1 aliphatic heterocycles. The average molecular weight is 346 g/mol. The predicted molar refractivity (Wildman–Crippen MR) is 78.7 cm³/mol. The topological polar surface area (TPSA) is 77.6 Å². The van der Waals surface area contributed by atoms with Crippen molar-refractivity contribution in [1.29, 1.82) is 0 Å². The predicted octanol–water partition coefficient (Wildman–Crippen LogP) is 0.589. The third-order valence-electron chi connectivity index (χ3n) is 3.95. The van der Waals surface area contributed by atoms with Crippen molar-refractivity contribution in [1.82, 2.24) is 15.2 Å². The molecule has 112 valence electrons. The monoisotopic (exact) mass is 345 g/mol. The number of aliphatic hydroxyl groups excluding tert-OH is 1. The second-order valence-corrected chi connectivity index (χ2v) is 6.11. The summed E-state index contributed by atoms with van der Waals surface area (Å²) in [6, 6.07) is 0.201. The minimum Gasteiger partial charge on any atom is -0.394 e. The van der Waals surface area contributed by atoms with Crippen molar-refractivity contribution in [2.75, 3.05) is 33.4 Å². The van der Waals surface area contributed by atoms with E-state index in [4.69, 9.17) is 4.74 Å². The molecule has 2 rings (SSSR count). The Morgan fingerprint density at radius 3 is 3.05 bits per heavy atom. The largest absolute Gasteiger partial charge is 0.394 e. The summed E-state index contributed by atoms with van der Waals surface area (Å²) in [7, 11) is 1.95. The van der Waals surface area contributed by atoms with Gasteiger partial charge >= 0.3 is 0 Å². The molecule has 0 bridgehead atoms. The van der Waals surface area contributed by atoms with Crippen LogP contribution in [0, 0.1) is 0 Å². The Kier molecular flexibility index (Phi) is 4.85. The lowest BCUT2D eigenvalue weighted by Crippen LogP contribution is -2.65. The Morgan fingerprint density at radius 2 is 2.45 bits per heavy atom. The molecule has 0 aromatic carbocycles. The van der Waals surface area contributed by atoms with Gasteiger partial charge in [0.15, 0.2) is 0 Å². The summed E-state index contributed by atoms with van der Waals surface area (Å²) in [5.41, 5.74) is -0.0265. The summed E-state index contributed by atoms with van der Waals surface area (Å²) >= 11 is 3.31. The SMILES string of the molecule is C[C@@H]1COC[C@@](CO)(CNC(=O)c2c[nH]cc2Br)N1C. The molecule has 6 nitrogen and oxygen atoms in total. The van der Waals surface area contributed by atoms with Gasteiger partial charge in [0.1, 0.15) is 0 Å². The van der Waals surface area contributed by atoms with Crippen LogP contribution in [0.25, 0.3) is 0 Å². The molecule has 0 unspecified atom stereocenters. The van der Waals surface area contributed by atoms with Crippen LogP contribution in [-0.2, 0) is 4.74 Å². The molecule has 0 aliphatic carbocycles. The zero-order valence-corrected chi connectivity index (χ0v) is 13.2. The van der Waals surface area contributed by atoms with Gasteiger partial charge in [0.05, 0.1) is 30.9 Å². The maximum absolute atomic E-state index is 12.1. The lowest BCUT2D eigenvalue weighted by molar-refractivity contribution is -0.105. The third-order valence-corrected chi connectivity index (χ3v) is 4.61. The fraction of sp³-hybridized carbons (Fsp3) is 0.615. The number of aromatic nitrogens is 1. The number of nitrogens with one attached hydrogen (secondary N) is 2. The minimum atomic E-state index is -0.573. The lowest BCUT2D eigenvalue weighted by Gasteiger charge is -2.47. The first-order chi connectivity index (χ1) is 9.50. The van der Waals surface area contributed by atoms with E-state index in [2.05, 4.69) is 31.1 Å². The number of morpholine rings is 1. The number of nitrogens with zero attached hydrogens (tertiary/aromatic N) is 1. The fourth-order valence-corrected chi connectivity index (χ4v) is 2.77. The van der Waals surface area contributed by atoms with Crippen LogP contribution >= 0.6 is 15.9 Å². The van der Waals surface area contributed by atoms with Gasteiger partial charge in [-0.1, -0.05) is 0 Å². The second kappa shape index (κ2) is 6.26.